The smallest absolute Gasteiger partial charge is 0.257 e. The number of aromatic amines is 1. The molecule has 0 saturated heterocycles. The Morgan fingerprint density at radius 2 is 1.87 bits per heavy atom. The molecule has 5 heteroatoms. The second kappa shape index (κ2) is 6.79. The van der Waals surface area contributed by atoms with E-state index in [4.69, 9.17) is 4.74 Å². The number of carbonyl (C=O) groups excluding carboxylic acids is 1. The summed E-state index contributed by atoms with van der Waals surface area (Å²) in [5, 5.41) is 9.47. The molecule has 0 aliphatic rings. The Morgan fingerprint density at radius 3 is 2.57 bits per heavy atom. The fraction of sp³-hybridized carbons (Fsp3) is 0.111. The zero-order chi connectivity index (χ0) is 16.1. The maximum Gasteiger partial charge on any atom is 0.257 e. The van der Waals surface area contributed by atoms with Gasteiger partial charge < -0.3 is 10.1 Å². The van der Waals surface area contributed by atoms with Crippen molar-refractivity contribution in [1.82, 2.24) is 15.5 Å². The SMILES string of the molecule is CNC(=O)COc1ccc(-c2cccc(-c3ccn[nH]3)c2)cc1. The number of aromatic nitrogens is 2. The van der Waals surface area contributed by atoms with E-state index in [2.05, 4.69) is 27.6 Å². The molecule has 23 heavy (non-hydrogen) atoms. The molecule has 1 amide bonds. The van der Waals surface area contributed by atoms with E-state index in [1.54, 1.807) is 13.2 Å². The van der Waals surface area contributed by atoms with Crippen LogP contribution in [0.2, 0.25) is 0 Å². The molecule has 1 aromatic heterocycles. The second-order valence-corrected chi connectivity index (χ2v) is 5.04. The first-order valence-corrected chi connectivity index (χ1v) is 7.30. The number of benzene rings is 2. The molecular formula is C18H17N3O2. The Hall–Kier alpha value is -3.08. The lowest BCUT2D eigenvalue weighted by Crippen LogP contribution is -2.24. The van der Waals surface area contributed by atoms with Crippen molar-refractivity contribution in [1.29, 1.82) is 0 Å². The summed E-state index contributed by atoms with van der Waals surface area (Å²) in [4.78, 5) is 11.2. The van der Waals surface area contributed by atoms with Crippen LogP contribution in [0.1, 0.15) is 0 Å². The fourth-order valence-corrected chi connectivity index (χ4v) is 2.25. The molecular weight excluding hydrogens is 290 g/mol. The molecule has 0 spiro atoms. The third-order valence-electron chi connectivity index (χ3n) is 3.51. The molecule has 3 aromatic rings. The Morgan fingerprint density at radius 1 is 1.09 bits per heavy atom. The van der Waals surface area contributed by atoms with E-state index in [1.165, 1.54) is 0 Å². The van der Waals surface area contributed by atoms with Gasteiger partial charge in [0.15, 0.2) is 6.61 Å². The largest absolute Gasteiger partial charge is 0.484 e. The Bertz CT molecular complexity index is 780. The van der Waals surface area contributed by atoms with Crippen molar-refractivity contribution in [2.24, 2.45) is 0 Å². The van der Waals surface area contributed by atoms with E-state index in [0.29, 0.717) is 5.75 Å². The van der Waals surface area contributed by atoms with Gasteiger partial charge in [-0.1, -0.05) is 30.3 Å². The van der Waals surface area contributed by atoms with E-state index in [-0.39, 0.29) is 12.5 Å². The van der Waals surface area contributed by atoms with Crippen LogP contribution in [0.15, 0.2) is 60.8 Å². The average Bonchev–Trinajstić information content (AvgIpc) is 3.15. The fourth-order valence-electron chi connectivity index (χ4n) is 2.25. The number of carbonyl (C=O) groups is 1. The number of likely N-dealkylation sites (N-methyl/N-ethyl adjacent to an activating group) is 1. The molecule has 0 unspecified atom stereocenters. The van der Waals surface area contributed by atoms with Crippen LogP contribution in [0.4, 0.5) is 0 Å². The van der Waals surface area contributed by atoms with Gasteiger partial charge in [-0.05, 0) is 35.4 Å². The minimum atomic E-state index is -0.152. The summed E-state index contributed by atoms with van der Waals surface area (Å²) in [7, 11) is 1.58. The number of hydrogen-bond donors (Lipinski definition) is 2. The number of nitrogens with zero attached hydrogens (tertiary/aromatic N) is 1. The van der Waals surface area contributed by atoms with Crippen LogP contribution in [0.25, 0.3) is 22.4 Å². The van der Waals surface area contributed by atoms with E-state index in [1.807, 2.05) is 42.5 Å². The van der Waals surface area contributed by atoms with Crippen molar-refractivity contribution >= 4 is 5.91 Å². The van der Waals surface area contributed by atoms with E-state index in [9.17, 15) is 4.79 Å². The number of nitrogens with one attached hydrogen (secondary N) is 2. The predicted octanol–water partition coefficient (Wildman–Crippen LogP) is 2.87. The predicted molar refractivity (Wildman–Crippen MR) is 89.0 cm³/mol. The first kappa shape index (κ1) is 14.8. The Kier molecular flexibility index (Phi) is 4.38. The third kappa shape index (κ3) is 3.58. The summed E-state index contributed by atoms with van der Waals surface area (Å²) < 4.78 is 5.41. The van der Waals surface area contributed by atoms with E-state index >= 15 is 0 Å². The van der Waals surface area contributed by atoms with Crippen LogP contribution in [-0.2, 0) is 4.79 Å². The highest BCUT2D eigenvalue weighted by Gasteiger charge is 2.04. The lowest BCUT2D eigenvalue weighted by Gasteiger charge is -2.07. The summed E-state index contributed by atoms with van der Waals surface area (Å²) in [6, 6.07) is 17.8. The maximum atomic E-state index is 11.2. The number of rotatable bonds is 5. The Labute approximate surface area is 134 Å². The number of hydrogen-bond acceptors (Lipinski definition) is 3. The van der Waals surface area contributed by atoms with Gasteiger partial charge in [0.05, 0.1) is 5.69 Å². The van der Waals surface area contributed by atoms with Crippen LogP contribution in [-0.4, -0.2) is 29.8 Å². The molecule has 3 rings (SSSR count). The van der Waals surface area contributed by atoms with Crippen LogP contribution < -0.4 is 10.1 Å². The maximum absolute atomic E-state index is 11.2. The first-order valence-electron chi connectivity index (χ1n) is 7.30. The van der Waals surface area contributed by atoms with Crippen molar-refractivity contribution < 1.29 is 9.53 Å². The van der Waals surface area contributed by atoms with Gasteiger partial charge in [0.2, 0.25) is 0 Å². The summed E-state index contributed by atoms with van der Waals surface area (Å²) in [6.45, 7) is 0.0190. The first-order chi connectivity index (χ1) is 11.3. The van der Waals surface area contributed by atoms with Crippen molar-refractivity contribution in [3.8, 4) is 28.1 Å². The van der Waals surface area contributed by atoms with E-state index < -0.39 is 0 Å². The molecule has 0 radical (unpaired) electrons. The highest BCUT2D eigenvalue weighted by molar-refractivity contribution is 5.77. The van der Waals surface area contributed by atoms with Gasteiger partial charge in [-0.3, -0.25) is 9.89 Å². The molecule has 2 N–H and O–H groups in total. The quantitative estimate of drug-likeness (QED) is 0.761. The van der Waals surface area contributed by atoms with Gasteiger partial charge in [-0.2, -0.15) is 5.10 Å². The lowest BCUT2D eigenvalue weighted by atomic mass is 10.0. The van der Waals surface area contributed by atoms with Gasteiger partial charge in [0, 0.05) is 18.8 Å². The molecule has 0 bridgehead atoms. The van der Waals surface area contributed by atoms with Gasteiger partial charge >= 0.3 is 0 Å². The number of ether oxygens (including phenoxy) is 1. The molecule has 5 nitrogen and oxygen atoms in total. The molecule has 0 aliphatic carbocycles. The molecule has 0 fully saturated rings. The molecule has 0 saturated carbocycles. The second-order valence-electron chi connectivity index (χ2n) is 5.04. The van der Waals surface area contributed by atoms with Gasteiger partial charge in [0.25, 0.3) is 5.91 Å². The third-order valence-corrected chi connectivity index (χ3v) is 3.51. The van der Waals surface area contributed by atoms with Crippen molar-refractivity contribution in [3.63, 3.8) is 0 Å². The molecule has 0 aliphatic heterocycles. The minimum Gasteiger partial charge on any atom is -0.484 e. The normalized spacial score (nSPS) is 10.3. The van der Waals surface area contributed by atoms with E-state index in [0.717, 1.165) is 22.4 Å². The number of amides is 1. The zero-order valence-corrected chi connectivity index (χ0v) is 12.7. The van der Waals surface area contributed by atoms with Crippen LogP contribution >= 0.6 is 0 Å². The summed E-state index contributed by atoms with van der Waals surface area (Å²) in [6.07, 6.45) is 1.74. The highest BCUT2D eigenvalue weighted by Crippen LogP contribution is 2.26. The van der Waals surface area contributed by atoms with Crippen molar-refractivity contribution in [2.75, 3.05) is 13.7 Å². The molecule has 2 aromatic carbocycles. The zero-order valence-electron chi connectivity index (χ0n) is 12.7. The van der Waals surface area contributed by atoms with Gasteiger partial charge in [0.1, 0.15) is 5.75 Å². The molecule has 0 atom stereocenters. The van der Waals surface area contributed by atoms with Crippen LogP contribution in [0, 0.1) is 0 Å². The Balaban J connectivity index is 1.77. The summed E-state index contributed by atoms with van der Waals surface area (Å²) in [5.41, 5.74) is 4.26. The molecule has 1 heterocycles. The average molecular weight is 307 g/mol. The van der Waals surface area contributed by atoms with Gasteiger partial charge in [-0.15, -0.1) is 0 Å². The standard InChI is InChI=1S/C18H17N3O2/c1-19-18(22)12-23-16-7-5-13(6-8-16)14-3-2-4-15(11-14)17-9-10-20-21-17/h2-11H,12H2,1H3,(H,19,22)(H,20,21). The van der Waals surface area contributed by atoms with Crippen LogP contribution in [0.5, 0.6) is 5.75 Å². The highest BCUT2D eigenvalue weighted by atomic mass is 16.5. The van der Waals surface area contributed by atoms with Gasteiger partial charge in [-0.25, -0.2) is 0 Å². The summed E-state index contributed by atoms with van der Waals surface area (Å²) >= 11 is 0. The number of H-pyrrole nitrogens is 1. The van der Waals surface area contributed by atoms with Crippen molar-refractivity contribution in [2.45, 2.75) is 0 Å². The monoisotopic (exact) mass is 307 g/mol. The molecule has 116 valence electrons. The van der Waals surface area contributed by atoms with Crippen molar-refractivity contribution in [3.05, 3.63) is 60.8 Å². The lowest BCUT2D eigenvalue weighted by molar-refractivity contribution is -0.122. The van der Waals surface area contributed by atoms with Crippen LogP contribution in [0.3, 0.4) is 0 Å². The summed E-state index contributed by atoms with van der Waals surface area (Å²) in [5.74, 6) is 0.517. The topological polar surface area (TPSA) is 67.0 Å². The minimum absolute atomic E-state index is 0.0190.